The van der Waals surface area contributed by atoms with E-state index in [0.29, 0.717) is 12.5 Å². The van der Waals surface area contributed by atoms with E-state index in [1.807, 2.05) is 13.8 Å². The van der Waals surface area contributed by atoms with Crippen molar-refractivity contribution in [2.45, 2.75) is 26.7 Å². The fourth-order valence-electron chi connectivity index (χ4n) is 1.77. The van der Waals surface area contributed by atoms with Crippen molar-refractivity contribution in [3.8, 4) is 0 Å². The lowest BCUT2D eigenvalue weighted by molar-refractivity contribution is -0.144. The van der Waals surface area contributed by atoms with Crippen molar-refractivity contribution >= 4 is 23.3 Å². The lowest BCUT2D eigenvalue weighted by Crippen LogP contribution is -2.39. The minimum Gasteiger partial charge on any atom is -0.469 e. The molecule has 2 N–H and O–H groups in total. The monoisotopic (exact) mass is 311 g/mol. The summed E-state index contributed by atoms with van der Waals surface area (Å²) in [6, 6.07) is 2.14. The number of carbonyl (C=O) groups is 1. The molecule has 0 bridgehead atoms. The highest BCUT2D eigenvalue weighted by Gasteiger charge is 2.13. The number of thiophene rings is 1. The van der Waals surface area contributed by atoms with E-state index in [-0.39, 0.29) is 11.9 Å². The fraction of sp³-hybridized carbons (Fsp3) is 0.600. The first-order valence-corrected chi connectivity index (χ1v) is 8.14. The molecule has 6 heteroatoms. The Bertz CT molecular complexity index is 446. The van der Waals surface area contributed by atoms with E-state index >= 15 is 0 Å². The molecular weight excluding hydrogens is 286 g/mol. The fourth-order valence-corrected chi connectivity index (χ4v) is 2.55. The standard InChI is InChI=1S/C15H25N3O2S/c1-5-16-15(18-9-12(3)14(19)20-4)17-8-11(2)13-6-7-21-10-13/h6-7,10-12H,5,8-9H2,1-4H3,(H2,16,17,18). The van der Waals surface area contributed by atoms with Crippen LogP contribution in [-0.2, 0) is 9.53 Å². The second-order valence-electron chi connectivity index (χ2n) is 4.98. The van der Waals surface area contributed by atoms with Gasteiger partial charge in [0.1, 0.15) is 0 Å². The summed E-state index contributed by atoms with van der Waals surface area (Å²) in [6.07, 6.45) is 0. The number of nitrogens with one attached hydrogen (secondary N) is 2. The van der Waals surface area contributed by atoms with Crippen LogP contribution in [0.3, 0.4) is 0 Å². The maximum atomic E-state index is 11.4. The Balaban J connectivity index is 2.50. The Morgan fingerprint density at radius 3 is 2.76 bits per heavy atom. The Kier molecular flexibility index (Phi) is 7.82. The quantitative estimate of drug-likeness (QED) is 0.460. The van der Waals surface area contributed by atoms with Gasteiger partial charge in [0, 0.05) is 13.1 Å². The summed E-state index contributed by atoms with van der Waals surface area (Å²) in [5.74, 6) is 0.675. The Morgan fingerprint density at radius 2 is 2.19 bits per heavy atom. The molecule has 0 saturated heterocycles. The van der Waals surface area contributed by atoms with Crippen LogP contribution in [0, 0.1) is 5.92 Å². The molecule has 21 heavy (non-hydrogen) atoms. The highest BCUT2D eigenvalue weighted by Crippen LogP contribution is 2.16. The van der Waals surface area contributed by atoms with Gasteiger partial charge in [0.05, 0.1) is 19.6 Å². The molecule has 0 amide bonds. The number of ether oxygens (including phenoxy) is 1. The van der Waals surface area contributed by atoms with Gasteiger partial charge in [-0.25, -0.2) is 0 Å². The first-order valence-electron chi connectivity index (χ1n) is 7.20. The highest BCUT2D eigenvalue weighted by atomic mass is 32.1. The van der Waals surface area contributed by atoms with Crippen LogP contribution in [0.25, 0.3) is 0 Å². The van der Waals surface area contributed by atoms with Crippen LogP contribution in [-0.4, -0.2) is 38.7 Å². The van der Waals surface area contributed by atoms with Crippen LogP contribution in [0.1, 0.15) is 32.3 Å². The number of hydrogen-bond donors (Lipinski definition) is 2. The molecule has 0 spiro atoms. The third-order valence-electron chi connectivity index (χ3n) is 3.16. The number of nitrogens with zero attached hydrogens (tertiary/aromatic N) is 1. The molecule has 2 unspecified atom stereocenters. The van der Waals surface area contributed by atoms with Crippen LogP contribution in [0.4, 0.5) is 0 Å². The predicted molar refractivity (Wildman–Crippen MR) is 87.9 cm³/mol. The van der Waals surface area contributed by atoms with Gasteiger partial charge in [0.25, 0.3) is 0 Å². The van der Waals surface area contributed by atoms with Gasteiger partial charge in [-0.3, -0.25) is 9.79 Å². The van der Waals surface area contributed by atoms with Crippen molar-refractivity contribution in [3.05, 3.63) is 22.4 Å². The number of guanidine groups is 1. The first-order chi connectivity index (χ1) is 10.1. The van der Waals surface area contributed by atoms with Crippen LogP contribution in [0.15, 0.2) is 21.8 Å². The van der Waals surface area contributed by atoms with E-state index in [4.69, 9.17) is 4.74 Å². The SMILES string of the molecule is CCNC(=NCC(C)C(=O)OC)NCC(C)c1ccsc1. The van der Waals surface area contributed by atoms with Crippen molar-refractivity contribution in [1.29, 1.82) is 0 Å². The van der Waals surface area contributed by atoms with Crippen molar-refractivity contribution < 1.29 is 9.53 Å². The van der Waals surface area contributed by atoms with Crippen LogP contribution in [0.5, 0.6) is 0 Å². The first kappa shape index (κ1) is 17.5. The molecule has 0 aliphatic rings. The average Bonchev–Trinajstić information content (AvgIpc) is 3.02. The molecule has 0 aliphatic carbocycles. The molecule has 1 heterocycles. The molecule has 0 saturated carbocycles. The molecule has 1 aromatic rings. The van der Waals surface area contributed by atoms with E-state index in [0.717, 1.165) is 19.0 Å². The van der Waals surface area contributed by atoms with Gasteiger partial charge in [0.15, 0.2) is 5.96 Å². The molecule has 5 nitrogen and oxygen atoms in total. The molecule has 0 fully saturated rings. The minimum atomic E-state index is -0.236. The third kappa shape index (κ3) is 6.16. The van der Waals surface area contributed by atoms with Gasteiger partial charge < -0.3 is 15.4 Å². The highest BCUT2D eigenvalue weighted by molar-refractivity contribution is 7.07. The average molecular weight is 311 g/mol. The zero-order valence-corrected chi connectivity index (χ0v) is 14.0. The van der Waals surface area contributed by atoms with Crippen LogP contribution >= 0.6 is 11.3 Å². The number of methoxy groups -OCH3 is 1. The number of hydrogen-bond acceptors (Lipinski definition) is 4. The molecule has 1 rings (SSSR count). The van der Waals surface area contributed by atoms with E-state index in [9.17, 15) is 4.79 Å². The van der Waals surface area contributed by atoms with Crippen molar-refractivity contribution in [2.24, 2.45) is 10.9 Å². The summed E-state index contributed by atoms with van der Waals surface area (Å²) in [5.41, 5.74) is 1.33. The normalized spacial score (nSPS) is 14.4. The summed E-state index contributed by atoms with van der Waals surface area (Å²) < 4.78 is 4.70. The summed E-state index contributed by atoms with van der Waals surface area (Å²) in [7, 11) is 1.40. The van der Waals surface area contributed by atoms with Gasteiger partial charge in [-0.2, -0.15) is 11.3 Å². The van der Waals surface area contributed by atoms with Gasteiger partial charge >= 0.3 is 5.97 Å². The zero-order valence-electron chi connectivity index (χ0n) is 13.2. The van der Waals surface area contributed by atoms with Gasteiger partial charge in [-0.1, -0.05) is 13.8 Å². The van der Waals surface area contributed by atoms with Crippen molar-refractivity contribution in [3.63, 3.8) is 0 Å². The molecule has 2 atom stereocenters. The van der Waals surface area contributed by atoms with Crippen molar-refractivity contribution in [1.82, 2.24) is 10.6 Å². The minimum absolute atomic E-state index is 0.235. The lowest BCUT2D eigenvalue weighted by Gasteiger charge is -2.16. The van der Waals surface area contributed by atoms with Gasteiger partial charge in [0.2, 0.25) is 0 Å². The molecule has 118 valence electrons. The summed E-state index contributed by atoms with van der Waals surface area (Å²) in [5, 5.41) is 10.7. The molecule has 0 aromatic carbocycles. The van der Waals surface area contributed by atoms with Crippen molar-refractivity contribution in [2.75, 3.05) is 26.7 Å². The largest absolute Gasteiger partial charge is 0.469 e. The summed E-state index contributed by atoms with van der Waals surface area (Å²) >= 11 is 1.71. The second kappa shape index (κ2) is 9.39. The number of rotatable bonds is 7. The summed E-state index contributed by atoms with van der Waals surface area (Å²) in [6.45, 7) is 8.00. The number of aliphatic imine (C=N–C) groups is 1. The van der Waals surface area contributed by atoms with E-state index in [1.54, 1.807) is 11.3 Å². The van der Waals surface area contributed by atoms with Gasteiger partial charge in [-0.05, 0) is 35.2 Å². The Labute approximate surface area is 130 Å². The second-order valence-corrected chi connectivity index (χ2v) is 5.76. The summed E-state index contributed by atoms with van der Waals surface area (Å²) in [4.78, 5) is 15.8. The van der Waals surface area contributed by atoms with Crippen LogP contribution < -0.4 is 10.6 Å². The van der Waals surface area contributed by atoms with Gasteiger partial charge in [-0.15, -0.1) is 0 Å². The maximum Gasteiger partial charge on any atom is 0.310 e. The molecule has 0 radical (unpaired) electrons. The predicted octanol–water partition coefficient (Wildman–Crippen LogP) is 2.22. The topological polar surface area (TPSA) is 62.7 Å². The Hall–Kier alpha value is -1.56. The maximum absolute atomic E-state index is 11.4. The van der Waals surface area contributed by atoms with E-state index in [1.165, 1.54) is 12.7 Å². The number of esters is 1. The molecule has 0 aliphatic heterocycles. The number of carbonyl (C=O) groups excluding carboxylic acids is 1. The Morgan fingerprint density at radius 1 is 1.43 bits per heavy atom. The zero-order chi connectivity index (χ0) is 15.7. The smallest absolute Gasteiger partial charge is 0.310 e. The van der Waals surface area contributed by atoms with E-state index in [2.05, 4.69) is 39.4 Å². The van der Waals surface area contributed by atoms with Crippen LogP contribution in [0.2, 0.25) is 0 Å². The molecular formula is C15H25N3O2S. The lowest BCUT2D eigenvalue weighted by atomic mass is 10.1. The molecule has 1 aromatic heterocycles. The third-order valence-corrected chi connectivity index (χ3v) is 3.86. The van der Waals surface area contributed by atoms with E-state index < -0.39 is 0 Å².